The molecule has 0 radical (unpaired) electrons. The van der Waals surface area contributed by atoms with Gasteiger partial charge in [-0.15, -0.1) is 5.10 Å². The van der Waals surface area contributed by atoms with Gasteiger partial charge in [0.2, 0.25) is 11.6 Å². The van der Waals surface area contributed by atoms with Gasteiger partial charge >= 0.3 is 0 Å². The molecule has 152 valence electrons. The molecule has 1 aromatic carbocycles. The van der Waals surface area contributed by atoms with Crippen molar-refractivity contribution in [3.63, 3.8) is 0 Å². The van der Waals surface area contributed by atoms with Crippen LogP contribution in [-0.2, 0) is 0 Å². The molecular weight excluding hydrogens is 378 g/mol. The zero-order valence-corrected chi connectivity index (χ0v) is 16.2. The SMILES string of the molecule is CCN(CC)c1ccc(/C=N\NC(=O)c2c(C)nnn2-c2nonc2N)c(O)c1. The van der Waals surface area contributed by atoms with Crippen molar-refractivity contribution in [2.75, 3.05) is 23.7 Å². The second-order valence-electron chi connectivity index (χ2n) is 6.02. The van der Waals surface area contributed by atoms with Gasteiger partial charge in [-0.3, -0.25) is 4.79 Å². The van der Waals surface area contributed by atoms with Gasteiger partial charge in [-0.25, -0.2) is 10.1 Å². The minimum absolute atomic E-state index is 0.0364. The number of aromatic nitrogens is 5. The van der Waals surface area contributed by atoms with Crippen molar-refractivity contribution in [2.45, 2.75) is 20.8 Å². The van der Waals surface area contributed by atoms with Gasteiger partial charge in [0.05, 0.1) is 11.9 Å². The number of hydrazone groups is 1. The van der Waals surface area contributed by atoms with Gasteiger partial charge in [-0.05, 0) is 43.2 Å². The Labute approximate surface area is 166 Å². The van der Waals surface area contributed by atoms with Crippen LogP contribution >= 0.6 is 0 Å². The number of anilines is 2. The zero-order chi connectivity index (χ0) is 21.0. The average molecular weight is 399 g/mol. The predicted molar refractivity (Wildman–Crippen MR) is 105 cm³/mol. The zero-order valence-electron chi connectivity index (χ0n) is 16.2. The lowest BCUT2D eigenvalue weighted by molar-refractivity contribution is 0.0946. The van der Waals surface area contributed by atoms with E-state index in [2.05, 4.69) is 40.7 Å². The van der Waals surface area contributed by atoms with E-state index in [-0.39, 0.29) is 23.1 Å². The maximum atomic E-state index is 12.5. The highest BCUT2D eigenvalue weighted by atomic mass is 16.6. The number of amides is 1. The molecule has 0 atom stereocenters. The summed E-state index contributed by atoms with van der Waals surface area (Å²) in [6, 6.07) is 5.25. The number of nitrogens with one attached hydrogen (secondary N) is 1. The van der Waals surface area contributed by atoms with Crippen LogP contribution < -0.4 is 16.1 Å². The first-order valence-corrected chi connectivity index (χ1v) is 8.88. The van der Waals surface area contributed by atoms with Crippen molar-refractivity contribution >= 4 is 23.6 Å². The Balaban J connectivity index is 1.76. The number of nitrogens with zero attached hydrogens (tertiary/aromatic N) is 7. The molecule has 0 saturated carbocycles. The monoisotopic (exact) mass is 399 g/mol. The minimum atomic E-state index is -0.592. The third-order valence-corrected chi connectivity index (χ3v) is 4.26. The molecule has 0 bridgehead atoms. The van der Waals surface area contributed by atoms with Crippen molar-refractivity contribution in [1.29, 1.82) is 0 Å². The Morgan fingerprint density at radius 1 is 1.38 bits per heavy atom. The molecule has 0 aliphatic carbocycles. The Bertz CT molecular complexity index is 1040. The number of phenolic OH excluding ortho intramolecular Hbond substituents is 1. The summed E-state index contributed by atoms with van der Waals surface area (Å²) in [7, 11) is 0. The molecule has 2 aromatic heterocycles. The fourth-order valence-electron chi connectivity index (χ4n) is 2.74. The summed E-state index contributed by atoms with van der Waals surface area (Å²) in [4.78, 5) is 14.6. The number of carbonyl (C=O) groups excluding carboxylic acids is 1. The number of nitrogen functional groups attached to an aromatic ring is 1. The normalized spacial score (nSPS) is 11.1. The van der Waals surface area contributed by atoms with Crippen LogP contribution in [0.3, 0.4) is 0 Å². The molecular formula is C17H21N9O3. The molecule has 0 spiro atoms. The van der Waals surface area contributed by atoms with Crippen LogP contribution in [-0.4, -0.2) is 55.6 Å². The van der Waals surface area contributed by atoms with E-state index >= 15 is 0 Å². The van der Waals surface area contributed by atoms with E-state index in [4.69, 9.17) is 5.73 Å². The van der Waals surface area contributed by atoms with Gasteiger partial charge in [0, 0.05) is 30.4 Å². The lowest BCUT2D eigenvalue weighted by Gasteiger charge is -2.21. The van der Waals surface area contributed by atoms with Crippen LogP contribution in [0.4, 0.5) is 11.5 Å². The van der Waals surface area contributed by atoms with Gasteiger partial charge in [0.15, 0.2) is 5.69 Å². The second kappa shape index (κ2) is 8.37. The van der Waals surface area contributed by atoms with Gasteiger partial charge in [0.25, 0.3) is 5.91 Å². The highest BCUT2D eigenvalue weighted by Crippen LogP contribution is 2.23. The largest absolute Gasteiger partial charge is 0.507 e. The number of aryl methyl sites for hydroxylation is 1. The van der Waals surface area contributed by atoms with Crippen LogP contribution in [0.15, 0.2) is 27.9 Å². The first-order valence-electron chi connectivity index (χ1n) is 8.88. The number of rotatable bonds is 7. The van der Waals surface area contributed by atoms with E-state index in [0.29, 0.717) is 11.3 Å². The molecule has 12 heteroatoms. The lowest BCUT2D eigenvalue weighted by atomic mass is 10.2. The summed E-state index contributed by atoms with van der Waals surface area (Å²) in [6.07, 6.45) is 1.34. The van der Waals surface area contributed by atoms with E-state index in [0.717, 1.165) is 23.5 Å². The van der Waals surface area contributed by atoms with Crippen LogP contribution in [0.25, 0.3) is 5.82 Å². The maximum Gasteiger partial charge on any atom is 0.292 e. The Morgan fingerprint density at radius 2 is 2.14 bits per heavy atom. The first-order chi connectivity index (χ1) is 14.0. The third kappa shape index (κ3) is 4.00. The summed E-state index contributed by atoms with van der Waals surface area (Å²) >= 11 is 0. The fourth-order valence-corrected chi connectivity index (χ4v) is 2.74. The summed E-state index contributed by atoms with van der Waals surface area (Å²) in [6.45, 7) is 7.33. The predicted octanol–water partition coefficient (Wildman–Crippen LogP) is 0.857. The molecule has 3 aromatic rings. The number of benzene rings is 1. The average Bonchev–Trinajstić information content (AvgIpc) is 3.29. The smallest absolute Gasteiger partial charge is 0.292 e. The summed E-state index contributed by atoms with van der Waals surface area (Å²) in [5.74, 6) is -0.530. The highest BCUT2D eigenvalue weighted by Gasteiger charge is 2.22. The number of carbonyl (C=O) groups is 1. The Hall–Kier alpha value is -3.96. The van der Waals surface area contributed by atoms with E-state index in [9.17, 15) is 9.90 Å². The fraction of sp³-hybridized carbons (Fsp3) is 0.294. The van der Waals surface area contributed by atoms with Gasteiger partial charge in [0.1, 0.15) is 5.75 Å². The topological polar surface area (TPSA) is 161 Å². The minimum Gasteiger partial charge on any atom is -0.507 e. The molecule has 4 N–H and O–H groups in total. The van der Waals surface area contributed by atoms with Gasteiger partial charge in [-0.1, -0.05) is 5.21 Å². The molecule has 0 aliphatic heterocycles. The summed E-state index contributed by atoms with van der Waals surface area (Å²) in [5.41, 5.74) is 9.79. The number of hydrogen-bond acceptors (Lipinski definition) is 10. The van der Waals surface area contributed by atoms with E-state index in [1.54, 1.807) is 19.1 Å². The standard InChI is InChI=1S/C17H21N9O3/c1-4-25(5-2)12-7-6-11(13(27)8-12)9-19-21-17(28)14-10(3)20-24-26(14)16-15(18)22-29-23-16/h6-9,27H,4-5H2,1-3H3,(H2,18,22)(H,21,28)/b19-9-. The number of hydrogen-bond donors (Lipinski definition) is 3. The molecule has 2 heterocycles. The molecule has 29 heavy (non-hydrogen) atoms. The van der Waals surface area contributed by atoms with Crippen molar-refractivity contribution in [3.05, 3.63) is 35.2 Å². The summed E-state index contributed by atoms with van der Waals surface area (Å²) < 4.78 is 5.65. The van der Waals surface area contributed by atoms with Crippen molar-refractivity contribution in [2.24, 2.45) is 5.10 Å². The molecule has 1 amide bonds. The number of nitrogens with two attached hydrogens (primary N) is 1. The first kappa shape index (κ1) is 19.8. The molecule has 12 nitrogen and oxygen atoms in total. The van der Waals surface area contributed by atoms with Gasteiger partial charge < -0.3 is 15.7 Å². The number of phenols is 1. The quantitative estimate of drug-likeness (QED) is 0.386. The van der Waals surface area contributed by atoms with Crippen molar-refractivity contribution < 1.29 is 14.5 Å². The molecule has 0 unspecified atom stereocenters. The molecule has 0 saturated heterocycles. The van der Waals surface area contributed by atoms with E-state index in [1.807, 2.05) is 19.9 Å². The maximum absolute atomic E-state index is 12.5. The number of aromatic hydroxyl groups is 1. The lowest BCUT2D eigenvalue weighted by Crippen LogP contribution is -2.23. The molecule has 3 rings (SSSR count). The van der Waals surface area contributed by atoms with Crippen molar-refractivity contribution in [3.8, 4) is 11.6 Å². The van der Waals surface area contributed by atoms with Crippen LogP contribution in [0.1, 0.15) is 35.6 Å². The molecule has 0 fully saturated rings. The van der Waals surface area contributed by atoms with Crippen LogP contribution in [0, 0.1) is 6.92 Å². The van der Waals surface area contributed by atoms with Crippen LogP contribution in [0.5, 0.6) is 5.75 Å². The van der Waals surface area contributed by atoms with Gasteiger partial charge in [-0.2, -0.15) is 9.78 Å². The molecule has 0 aliphatic rings. The van der Waals surface area contributed by atoms with Crippen LogP contribution in [0.2, 0.25) is 0 Å². The third-order valence-electron chi connectivity index (χ3n) is 4.26. The van der Waals surface area contributed by atoms with E-state index < -0.39 is 5.91 Å². The van der Waals surface area contributed by atoms with Crippen molar-refractivity contribution in [1.82, 2.24) is 30.7 Å². The highest BCUT2D eigenvalue weighted by molar-refractivity contribution is 5.95. The van der Waals surface area contributed by atoms with E-state index in [1.165, 1.54) is 6.21 Å². The second-order valence-corrected chi connectivity index (χ2v) is 6.02. The Kier molecular flexibility index (Phi) is 5.71. The summed E-state index contributed by atoms with van der Waals surface area (Å²) in [5, 5.41) is 28.9. The Morgan fingerprint density at radius 3 is 2.76 bits per heavy atom.